The van der Waals surface area contributed by atoms with E-state index in [0.29, 0.717) is 22.4 Å². The molecule has 3 rings (SSSR count). The molecule has 0 saturated carbocycles. The third-order valence-corrected chi connectivity index (χ3v) is 5.10. The average molecular weight is 425 g/mol. The topological polar surface area (TPSA) is 125 Å². The fourth-order valence-electron chi connectivity index (χ4n) is 2.82. The molecule has 3 aromatic carbocycles. The van der Waals surface area contributed by atoms with Gasteiger partial charge in [-0.05, 0) is 47.9 Å². The van der Waals surface area contributed by atoms with E-state index in [1.165, 1.54) is 6.07 Å². The van der Waals surface area contributed by atoms with Crippen LogP contribution in [-0.2, 0) is 10.1 Å². The molecule has 0 bridgehead atoms. The van der Waals surface area contributed by atoms with Gasteiger partial charge in [0, 0.05) is 11.4 Å². The van der Waals surface area contributed by atoms with Crippen LogP contribution in [-0.4, -0.2) is 25.0 Å². The predicted molar refractivity (Wildman–Crippen MR) is 114 cm³/mol. The molecule has 0 saturated heterocycles. The van der Waals surface area contributed by atoms with E-state index in [1.54, 1.807) is 61.5 Å². The van der Waals surface area contributed by atoms with Gasteiger partial charge in [-0.1, -0.05) is 48.5 Å². The van der Waals surface area contributed by atoms with E-state index < -0.39 is 22.2 Å². The van der Waals surface area contributed by atoms with Crippen LogP contribution in [0.3, 0.4) is 0 Å². The molecule has 0 unspecified atom stereocenters. The first-order chi connectivity index (χ1) is 14.2. The fourth-order valence-corrected chi connectivity index (χ4v) is 3.36. The van der Waals surface area contributed by atoms with Gasteiger partial charge >= 0.3 is 12.1 Å². The van der Waals surface area contributed by atoms with Crippen molar-refractivity contribution in [2.75, 3.05) is 10.6 Å². The number of hydrogen-bond acceptors (Lipinski definition) is 4. The summed E-state index contributed by atoms with van der Waals surface area (Å²) in [4.78, 5) is 23.9. The number of carbonyl (C=O) groups is 2. The summed E-state index contributed by atoms with van der Waals surface area (Å²) in [5.74, 6) is 0. The molecule has 0 heterocycles. The molecule has 0 radical (unpaired) electrons. The van der Waals surface area contributed by atoms with E-state index in [1.807, 2.05) is 6.07 Å². The van der Waals surface area contributed by atoms with Gasteiger partial charge in [0.1, 0.15) is 0 Å². The summed E-state index contributed by atoms with van der Waals surface area (Å²) in [6.07, 6.45) is 0. The molecule has 0 fully saturated rings. The van der Waals surface area contributed by atoms with Crippen LogP contribution in [0, 0.1) is 6.92 Å². The van der Waals surface area contributed by atoms with E-state index in [4.69, 9.17) is 0 Å². The number of urea groups is 2. The molecule has 0 aliphatic carbocycles. The summed E-state index contributed by atoms with van der Waals surface area (Å²) in [5, 5.41) is 7.07. The van der Waals surface area contributed by atoms with Crippen LogP contribution in [0.5, 0.6) is 0 Å². The van der Waals surface area contributed by atoms with Gasteiger partial charge in [0.2, 0.25) is 0 Å². The zero-order chi connectivity index (χ0) is 21.7. The second-order valence-electron chi connectivity index (χ2n) is 6.38. The Labute approximate surface area is 173 Å². The summed E-state index contributed by atoms with van der Waals surface area (Å²) in [6.45, 7) is 1.69. The minimum atomic E-state index is -4.52. The Morgan fingerprint density at radius 3 is 2.00 bits per heavy atom. The fraction of sp³-hybridized carbons (Fsp3) is 0.0476. The Balaban J connectivity index is 1.86. The highest BCUT2D eigenvalue weighted by atomic mass is 32.2. The smallest absolute Gasteiger partial charge is 0.308 e. The van der Waals surface area contributed by atoms with Crippen LogP contribution in [0.4, 0.5) is 21.0 Å². The van der Waals surface area contributed by atoms with Crippen molar-refractivity contribution in [3.63, 3.8) is 0 Å². The highest BCUT2D eigenvalue weighted by Crippen LogP contribution is 2.32. The summed E-state index contributed by atoms with van der Waals surface area (Å²) in [6, 6.07) is 18.3. The number of imide groups is 1. The molecule has 3 aromatic rings. The van der Waals surface area contributed by atoms with Gasteiger partial charge in [0.25, 0.3) is 10.1 Å². The van der Waals surface area contributed by atoms with Crippen LogP contribution in [0.15, 0.2) is 77.7 Å². The van der Waals surface area contributed by atoms with Crippen molar-refractivity contribution in [3.8, 4) is 11.1 Å². The molecule has 0 aromatic heterocycles. The van der Waals surface area contributed by atoms with E-state index in [-0.39, 0.29) is 10.6 Å². The number of para-hydroxylation sites is 1. The number of hydrogen-bond donors (Lipinski definition) is 4. The van der Waals surface area contributed by atoms with E-state index in [2.05, 4.69) is 16.0 Å². The van der Waals surface area contributed by atoms with Crippen molar-refractivity contribution in [2.45, 2.75) is 11.8 Å². The zero-order valence-electron chi connectivity index (χ0n) is 15.9. The molecule has 4 N–H and O–H groups in total. The zero-order valence-corrected chi connectivity index (χ0v) is 16.7. The van der Waals surface area contributed by atoms with E-state index in [9.17, 15) is 22.6 Å². The Kier molecular flexibility index (Phi) is 6.14. The molecule has 154 valence electrons. The van der Waals surface area contributed by atoms with Gasteiger partial charge in [0.05, 0.1) is 4.90 Å². The lowest BCUT2D eigenvalue weighted by Gasteiger charge is -2.15. The number of amides is 4. The standard InChI is InChI=1S/C21H19N3O5S/c1-14-18(15-8-4-2-5-9-15)12-17(30(27,28)29)13-19(14)23-21(26)24-20(25)22-16-10-6-3-7-11-16/h2-13H,1H3,(H,27,28,29)(H3,22,23,24,25,26). The number of carbonyl (C=O) groups excluding carboxylic acids is 2. The highest BCUT2D eigenvalue weighted by molar-refractivity contribution is 7.85. The van der Waals surface area contributed by atoms with Crippen molar-refractivity contribution < 1.29 is 22.6 Å². The van der Waals surface area contributed by atoms with E-state index in [0.717, 1.165) is 6.07 Å². The molecule has 30 heavy (non-hydrogen) atoms. The third kappa shape index (κ3) is 5.22. The lowest BCUT2D eigenvalue weighted by Crippen LogP contribution is -2.37. The first-order valence-corrected chi connectivity index (χ1v) is 10.3. The van der Waals surface area contributed by atoms with Crippen molar-refractivity contribution in [3.05, 3.63) is 78.4 Å². The van der Waals surface area contributed by atoms with Crippen molar-refractivity contribution in [1.29, 1.82) is 0 Å². The summed E-state index contributed by atoms with van der Waals surface area (Å²) in [7, 11) is -4.52. The monoisotopic (exact) mass is 425 g/mol. The van der Waals surface area contributed by atoms with Crippen LogP contribution < -0.4 is 16.0 Å². The summed E-state index contributed by atoms with van der Waals surface area (Å²) < 4.78 is 32.9. The molecule has 4 amide bonds. The summed E-state index contributed by atoms with van der Waals surface area (Å²) >= 11 is 0. The first kappa shape index (κ1) is 21.0. The molecule has 0 atom stereocenters. The lowest BCUT2D eigenvalue weighted by atomic mass is 9.99. The van der Waals surface area contributed by atoms with Crippen molar-refractivity contribution >= 4 is 33.6 Å². The molecule has 8 nitrogen and oxygen atoms in total. The summed E-state index contributed by atoms with van der Waals surface area (Å²) in [5.41, 5.74) is 2.40. The number of anilines is 2. The van der Waals surface area contributed by atoms with Crippen LogP contribution in [0.2, 0.25) is 0 Å². The van der Waals surface area contributed by atoms with Gasteiger partial charge < -0.3 is 10.6 Å². The second-order valence-corrected chi connectivity index (χ2v) is 7.81. The van der Waals surface area contributed by atoms with Gasteiger partial charge in [-0.2, -0.15) is 8.42 Å². The Morgan fingerprint density at radius 1 is 0.833 bits per heavy atom. The second kappa shape index (κ2) is 8.76. The Bertz CT molecular complexity index is 1180. The van der Waals surface area contributed by atoms with Gasteiger partial charge in [-0.3, -0.25) is 9.87 Å². The number of rotatable bonds is 4. The van der Waals surface area contributed by atoms with E-state index >= 15 is 0 Å². The number of benzene rings is 3. The molecule has 9 heteroatoms. The third-order valence-electron chi connectivity index (χ3n) is 4.27. The maximum atomic E-state index is 12.3. The lowest BCUT2D eigenvalue weighted by molar-refractivity contribution is 0.240. The average Bonchev–Trinajstić information content (AvgIpc) is 2.70. The quantitative estimate of drug-likeness (QED) is 0.465. The first-order valence-electron chi connectivity index (χ1n) is 8.85. The Morgan fingerprint density at radius 2 is 1.40 bits per heavy atom. The van der Waals surface area contributed by atoms with Crippen molar-refractivity contribution in [2.24, 2.45) is 0 Å². The largest absolute Gasteiger partial charge is 0.327 e. The molecule has 0 aliphatic heterocycles. The molecule has 0 aliphatic rings. The normalized spacial score (nSPS) is 10.9. The van der Waals surface area contributed by atoms with Crippen molar-refractivity contribution in [1.82, 2.24) is 5.32 Å². The highest BCUT2D eigenvalue weighted by Gasteiger charge is 2.18. The molecular weight excluding hydrogens is 406 g/mol. The minimum absolute atomic E-state index is 0.133. The maximum Gasteiger partial charge on any atom is 0.327 e. The SMILES string of the molecule is Cc1c(NC(=O)NC(=O)Nc2ccccc2)cc(S(=O)(=O)O)cc1-c1ccccc1. The van der Waals surface area contributed by atoms with Crippen LogP contribution in [0.1, 0.15) is 5.56 Å². The molecule has 0 spiro atoms. The van der Waals surface area contributed by atoms with Crippen LogP contribution in [0.25, 0.3) is 11.1 Å². The Hall–Kier alpha value is -3.69. The van der Waals surface area contributed by atoms with Gasteiger partial charge in [0.15, 0.2) is 0 Å². The van der Waals surface area contributed by atoms with Gasteiger partial charge in [-0.15, -0.1) is 0 Å². The maximum absolute atomic E-state index is 12.3. The van der Waals surface area contributed by atoms with Crippen LogP contribution >= 0.6 is 0 Å². The number of nitrogens with one attached hydrogen (secondary N) is 3. The predicted octanol–water partition coefficient (Wildman–Crippen LogP) is 4.26. The van der Waals surface area contributed by atoms with Gasteiger partial charge in [-0.25, -0.2) is 9.59 Å². The minimum Gasteiger partial charge on any atom is -0.308 e. The molecular formula is C21H19N3O5S.